The molecule has 4 nitrogen and oxygen atoms in total. The second-order valence-corrected chi connectivity index (χ2v) is 5.84. The van der Waals surface area contributed by atoms with Gasteiger partial charge in [-0.25, -0.2) is 4.98 Å². The Bertz CT molecular complexity index is 627. The average Bonchev–Trinajstić information content (AvgIpc) is 2.85. The third-order valence-electron chi connectivity index (χ3n) is 3.19. The van der Waals surface area contributed by atoms with Crippen LogP contribution in [0.15, 0.2) is 23.6 Å². The summed E-state index contributed by atoms with van der Waals surface area (Å²) in [6, 6.07) is 6.26. The predicted octanol–water partition coefficient (Wildman–Crippen LogP) is 3.38. The minimum absolute atomic E-state index is 0. The second-order valence-electron chi connectivity index (χ2n) is 4.98. The number of halogens is 1. The Balaban J connectivity index is 0.00000220. The number of carbonyl (C=O) groups is 1. The van der Waals surface area contributed by atoms with Crippen LogP contribution in [-0.2, 0) is 4.79 Å². The molecule has 0 spiro atoms. The van der Waals surface area contributed by atoms with Gasteiger partial charge in [-0.05, 0) is 19.4 Å². The fourth-order valence-corrected chi connectivity index (χ4v) is 2.60. The molecule has 1 aromatic heterocycles. The Morgan fingerprint density at radius 1 is 1.43 bits per heavy atom. The van der Waals surface area contributed by atoms with E-state index in [1.165, 1.54) is 22.5 Å². The molecular formula is C15H20ClN3OS. The van der Waals surface area contributed by atoms with E-state index in [1.807, 2.05) is 5.38 Å². The number of nitrogens with two attached hydrogens (primary N) is 1. The summed E-state index contributed by atoms with van der Waals surface area (Å²) in [6.45, 7) is 6.27. The molecule has 21 heavy (non-hydrogen) atoms. The first-order valence-electron chi connectivity index (χ1n) is 6.55. The smallest absolute Gasteiger partial charge is 0.230 e. The number of amides is 1. The van der Waals surface area contributed by atoms with E-state index in [2.05, 4.69) is 42.3 Å². The summed E-state index contributed by atoms with van der Waals surface area (Å²) in [6.07, 6.45) is 0. The van der Waals surface area contributed by atoms with Gasteiger partial charge in [0.25, 0.3) is 0 Å². The van der Waals surface area contributed by atoms with Gasteiger partial charge in [-0.2, -0.15) is 0 Å². The minimum Gasteiger partial charge on any atom is -0.330 e. The van der Waals surface area contributed by atoms with Crippen molar-refractivity contribution in [1.29, 1.82) is 0 Å². The number of benzene rings is 1. The van der Waals surface area contributed by atoms with Crippen molar-refractivity contribution in [3.8, 4) is 11.3 Å². The van der Waals surface area contributed by atoms with Crippen molar-refractivity contribution >= 4 is 34.8 Å². The van der Waals surface area contributed by atoms with Crippen LogP contribution in [0.2, 0.25) is 0 Å². The van der Waals surface area contributed by atoms with Gasteiger partial charge >= 0.3 is 0 Å². The maximum absolute atomic E-state index is 11.8. The molecule has 0 aliphatic carbocycles. The lowest BCUT2D eigenvalue weighted by molar-refractivity contribution is -0.119. The number of aromatic nitrogens is 1. The van der Waals surface area contributed by atoms with Crippen LogP contribution < -0.4 is 11.1 Å². The summed E-state index contributed by atoms with van der Waals surface area (Å²) in [4.78, 5) is 16.2. The zero-order valence-electron chi connectivity index (χ0n) is 12.3. The highest BCUT2D eigenvalue weighted by Gasteiger charge is 2.13. The van der Waals surface area contributed by atoms with Crippen LogP contribution >= 0.6 is 23.7 Å². The van der Waals surface area contributed by atoms with Gasteiger partial charge in [0, 0.05) is 23.4 Å². The van der Waals surface area contributed by atoms with E-state index in [0.717, 1.165) is 11.3 Å². The van der Waals surface area contributed by atoms with Crippen molar-refractivity contribution in [3.05, 3.63) is 34.7 Å². The van der Waals surface area contributed by atoms with Crippen molar-refractivity contribution in [3.63, 3.8) is 0 Å². The molecule has 2 rings (SSSR count). The van der Waals surface area contributed by atoms with Crippen LogP contribution in [-0.4, -0.2) is 17.4 Å². The summed E-state index contributed by atoms with van der Waals surface area (Å²) in [5.41, 5.74) is 9.88. The van der Waals surface area contributed by atoms with Gasteiger partial charge in [-0.1, -0.05) is 30.7 Å². The number of carbonyl (C=O) groups excluding carboxylic acids is 1. The molecule has 0 aliphatic heterocycles. The molecule has 1 unspecified atom stereocenters. The lowest BCUT2D eigenvalue weighted by atomic mass is 10.0. The molecule has 1 amide bonds. The van der Waals surface area contributed by atoms with Crippen molar-refractivity contribution in [1.82, 2.24) is 4.98 Å². The SMILES string of the molecule is Cc1ccc(-c2csc(NC(=O)C(C)CN)n2)c(C)c1.Cl. The molecule has 1 aromatic carbocycles. The number of hydrogen-bond acceptors (Lipinski definition) is 4. The van der Waals surface area contributed by atoms with Gasteiger partial charge < -0.3 is 11.1 Å². The Kier molecular flexibility index (Phi) is 6.33. The zero-order valence-corrected chi connectivity index (χ0v) is 14.0. The molecule has 0 aliphatic rings. The third-order valence-corrected chi connectivity index (χ3v) is 3.95. The summed E-state index contributed by atoms with van der Waals surface area (Å²) >= 11 is 1.43. The van der Waals surface area contributed by atoms with Gasteiger partial charge in [0.1, 0.15) is 0 Å². The molecule has 2 aromatic rings. The highest BCUT2D eigenvalue weighted by Crippen LogP contribution is 2.28. The van der Waals surface area contributed by atoms with Crippen LogP contribution in [0.5, 0.6) is 0 Å². The molecule has 0 bridgehead atoms. The second kappa shape index (κ2) is 7.54. The first kappa shape index (κ1) is 17.6. The minimum atomic E-state index is -0.205. The number of anilines is 1. The molecule has 6 heteroatoms. The Hall–Kier alpha value is -1.43. The normalized spacial score (nSPS) is 11.6. The zero-order chi connectivity index (χ0) is 14.7. The molecule has 0 saturated carbocycles. The number of aryl methyl sites for hydroxylation is 2. The third kappa shape index (κ3) is 4.27. The quantitative estimate of drug-likeness (QED) is 0.905. The van der Waals surface area contributed by atoms with Gasteiger partial charge in [-0.15, -0.1) is 23.7 Å². The molecule has 1 heterocycles. The number of nitrogens with one attached hydrogen (secondary N) is 1. The van der Waals surface area contributed by atoms with E-state index >= 15 is 0 Å². The highest BCUT2D eigenvalue weighted by molar-refractivity contribution is 7.14. The standard InChI is InChI=1S/C15H19N3OS.ClH/c1-9-4-5-12(10(2)6-9)13-8-20-15(17-13)18-14(19)11(3)7-16;/h4-6,8,11H,7,16H2,1-3H3,(H,17,18,19);1H. The van der Waals surface area contributed by atoms with E-state index in [1.54, 1.807) is 6.92 Å². The van der Waals surface area contributed by atoms with Crippen LogP contribution in [0.3, 0.4) is 0 Å². The molecular weight excluding hydrogens is 306 g/mol. The van der Waals surface area contributed by atoms with Crippen molar-refractivity contribution in [2.24, 2.45) is 11.7 Å². The van der Waals surface area contributed by atoms with Crippen molar-refractivity contribution in [2.45, 2.75) is 20.8 Å². The molecule has 0 saturated heterocycles. The van der Waals surface area contributed by atoms with Crippen LogP contribution in [0.25, 0.3) is 11.3 Å². The first-order chi connectivity index (χ1) is 9.51. The lowest BCUT2D eigenvalue weighted by Crippen LogP contribution is -2.26. The van der Waals surface area contributed by atoms with E-state index in [0.29, 0.717) is 11.7 Å². The number of thiazole rings is 1. The van der Waals surface area contributed by atoms with Gasteiger partial charge in [0.05, 0.1) is 5.69 Å². The molecule has 1 atom stereocenters. The van der Waals surface area contributed by atoms with Gasteiger partial charge in [0.15, 0.2) is 5.13 Å². The van der Waals surface area contributed by atoms with Crippen LogP contribution in [0.1, 0.15) is 18.1 Å². The van der Waals surface area contributed by atoms with Crippen molar-refractivity contribution < 1.29 is 4.79 Å². The molecule has 0 radical (unpaired) electrons. The lowest BCUT2D eigenvalue weighted by Gasteiger charge is -2.07. The summed E-state index contributed by atoms with van der Waals surface area (Å²) in [7, 11) is 0. The monoisotopic (exact) mass is 325 g/mol. The summed E-state index contributed by atoms with van der Waals surface area (Å²) in [5, 5.41) is 5.38. The number of hydrogen-bond donors (Lipinski definition) is 2. The Labute approximate surface area is 135 Å². The number of rotatable bonds is 4. The molecule has 3 N–H and O–H groups in total. The fraction of sp³-hybridized carbons (Fsp3) is 0.333. The summed E-state index contributed by atoms with van der Waals surface area (Å²) in [5.74, 6) is -0.294. The van der Waals surface area contributed by atoms with Gasteiger partial charge in [-0.3, -0.25) is 4.79 Å². The first-order valence-corrected chi connectivity index (χ1v) is 7.43. The Morgan fingerprint density at radius 2 is 2.14 bits per heavy atom. The van der Waals surface area contributed by atoms with Gasteiger partial charge in [0.2, 0.25) is 5.91 Å². The number of nitrogens with zero attached hydrogens (tertiary/aromatic N) is 1. The molecule has 114 valence electrons. The van der Waals surface area contributed by atoms with E-state index in [9.17, 15) is 4.79 Å². The largest absolute Gasteiger partial charge is 0.330 e. The average molecular weight is 326 g/mol. The fourth-order valence-electron chi connectivity index (χ4n) is 1.89. The van der Waals surface area contributed by atoms with Crippen molar-refractivity contribution in [2.75, 3.05) is 11.9 Å². The predicted molar refractivity (Wildman–Crippen MR) is 91.1 cm³/mol. The Morgan fingerprint density at radius 3 is 2.76 bits per heavy atom. The van der Waals surface area contributed by atoms with E-state index in [-0.39, 0.29) is 24.2 Å². The van der Waals surface area contributed by atoms with E-state index < -0.39 is 0 Å². The summed E-state index contributed by atoms with van der Waals surface area (Å²) < 4.78 is 0. The van der Waals surface area contributed by atoms with Crippen LogP contribution in [0.4, 0.5) is 5.13 Å². The maximum Gasteiger partial charge on any atom is 0.230 e. The maximum atomic E-state index is 11.8. The molecule has 0 fully saturated rings. The van der Waals surface area contributed by atoms with E-state index in [4.69, 9.17) is 5.73 Å². The van der Waals surface area contributed by atoms with Crippen LogP contribution in [0, 0.1) is 19.8 Å². The highest BCUT2D eigenvalue weighted by atomic mass is 35.5. The topological polar surface area (TPSA) is 68.0 Å².